The van der Waals surface area contributed by atoms with Gasteiger partial charge in [-0.1, -0.05) is 207 Å². The number of para-hydroxylation sites is 4. The molecule has 0 aliphatic heterocycles. The van der Waals surface area contributed by atoms with Crippen molar-refractivity contribution in [3.05, 3.63) is 254 Å². The van der Waals surface area contributed by atoms with E-state index >= 15 is 0 Å². The first-order valence-corrected chi connectivity index (χ1v) is 23.8. The molecule has 0 atom stereocenters. The molecule has 67 heavy (non-hydrogen) atoms. The van der Waals surface area contributed by atoms with Crippen LogP contribution in [0.3, 0.4) is 0 Å². The Morgan fingerprint density at radius 1 is 0.343 bits per heavy atom. The number of fused-ring (bicyclic) bond motifs is 8. The first kappa shape index (κ1) is 39.2. The number of hydrogen-bond acceptors (Lipinski definition) is 1. The molecule has 318 valence electrons. The number of hydrogen-bond donors (Lipinski definition) is 0. The maximum absolute atomic E-state index is 2.50. The predicted octanol–water partition coefficient (Wildman–Crippen LogP) is 17.8. The van der Waals surface area contributed by atoms with Crippen LogP contribution in [0.1, 0.15) is 36.8 Å². The number of rotatable bonds is 8. The van der Waals surface area contributed by atoms with Gasteiger partial charge in [-0.25, -0.2) is 0 Å². The first-order valence-electron chi connectivity index (χ1n) is 23.8. The predicted molar refractivity (Wildman–Crippen MR) is 282 cm³/mol. The van der Waals surface area contributed by atoms with E-state index in [1.165, 1.54) is 114 Å². The molecule has 0 bridgehead atoms. The molecular weight excluding hydrogens is 809 g/mol. The van der Waals surface area contributed by atoms with Crippen molar-refractivity contribution < 1.29 is 0 Å². The lowest BCUT2D eigenvalue weighted by Gasteiger charge is -2.30. The molecule has 11 aromatic rings. The molecule has 0 unspecified atom stereocenters. The Balaban J connectivity index is 1.01. The highest BCUT2D eigenvalue weighted by Crippen LogP contribution is 2.58. The third-order valence-corrected chi connectivity index (χ3v) is 14.8. The smallest absolute Gasteiger partial charge is 0.0619 e. The Labute approximate surface area is 392 Å². The second-order valence-corrected chi connectivity index (χ2v) is 18.3. The molecule has 2 nitrogen and oxygen atoms in total. The summed E-state index contributed by atoms with van der Waals surface area (Å²) < 4.78 is 2.43. The number of aromatic nitrogens is 1. The molecule has 1 aromatic heterocycles. The largest absolute Gasteiger partial charge is 0.310 e. The van der Waals surface area contributed by atoms with E-state index in [4.69, 9.17) is 0 Å². The third-order valence-electron chi connectivity index (χ3n) is 14.8. The van der Waals surface area contributed by atoms with Gasteiger partial charge in [0.15, 0.2) is 0 Å². The fourth-order valence-electron chi connectivity index (χ4n) is 11.9. The molecule has 2 aliphatic carbocycles. The van der Waals surface area contributed by atoms with Gasteiger partial charge in [0.05, 0.1) is 16.7 Å². The van der Waals surface area contributed by atoms with Crippen LogP contribution in [0.25, 0.3) is 83.1 Å². The molecule has 13 rings (SSSR count). The van der Waals surface area contributed by atoms with Gasteiger partial charge in [0.1, 0.15) is 0 Å². The van der Waals surface area contributed by atoms with Crippen molar-refractivity contribution >= 4 is 38.9 Å². The van der Waals surface area contributed by atoms with E-state index in [9.17, 15) is 0 Å². The summed E-state index contributed by atoms with van der Waals surface area (Å²) in [5, 5.41) is 2.51. The van der Waals surface area contributed by atoms with Crippen molar-refractivity contribution in [3.63, 3.8) is 0 Å². The number of anilines is 3. The Hall–Kier alpha value is -8.20. The monoisotopic (exact) mass is 856 g/mol. The Bertz CT molecular complexity index is 3630. The summed E-state index contributed by atoms with van der Waals surface area (Å²) in [7, 11) is 0. The van der Waals surface area contributed by atoms with Crippen LogP contribution in [0.5, 0.6) is 0 Å². The van der Waals surface area contributed by atoms with Crippen LogP contribution >= 0.6 is 0 Å². The van der Waals surface area contributed by atoms with Crippen LogP contribution in [0.2, 0.25) is 0 Å². The zero-order valence-electron chi connectivity index (χ0n) is 37.3. The van der Waals surface area contributed by atoms with Crippen LogP contribution in [-0.4, -0.2) is 4.57 Å². The third kappa shape index (κ3) is 6.32. The molecule has 1 saturated carbocycles. The van der Waals surface area contributed by atoms with Crippen LogP contribution < -0.4 is 4.90 Å². The van der Waals surface area contributed by atoms with Gasteiger partial charge < -0.3 is 9.47 Å². The minimum absolute atomic E-state index is 0.100. The lowest BCUT2D eigenvalue weighted by Crippen LogP contribution is -2.20. The maximum atomic E-state index is 2.50. The van der Waals surface area contributed by atoms with E-state index in [1.54, 1.807) is 0 Å². The van der Waals surface area contributed by atoms with Crippen LogP contribution in [0.4, 0.5) is 17.1 Å². The molecule has 1 fully saturated rings. The maximum Gasteiger partial charge on any atom is 0.0619 e. The molecule has 1 spiro atoms. The summed E-state index contributed by atoms with van der Waals surface area (Å²) in [6.45, 7) is 0. The van der Waals surface area contributed by atoms with Crippen LogP contribution in [0.15, 0.2) is 243 Å². The highest BCUT2D eigenvalue weighted by molar-refractivity contribution is 6.14. The first-order chi connectivity index (χ1) is 33.2. The van der Waals surface area contributed by atoms with E-state index in [0.29, 0.717) is 0 Å². The molecule has 10 aromatic carbocycles. The van der Waals surface area contributed by atoms with E-state index in [0.717, 1.165) is 22.7 Å². The molecule has 2 heteroatoms. The minimum Gasteiger partial charge on any atom is -0.310 e. The van der Waals surface area contributed by atoms with Crippen LogP contribution in [-0.2, 0) is 5.41 Å². The summed E-state index contributed by atoms with van der Waals surface area (Å²) >= 11 is 0. The summed E-state index contributed by atoms with van der Waals surface area (Å²) in [6.07, 6.45) is 4.96. The van der Waals surface area contributed by atoms with Gasteiger partial charge in [-0.3, -0.25) is 0 Å². The quantitative estimate of drug-likeness (QED) is 0.148. The van der Waals surface area contributed by atoms with Gasteiger partial charge in [0.25, 0.3) is 0 Å². The topological polar surface area (TPSA) is 8.17 Å². The molecule has 2 aliphatic rings. The van der Waals surface area contributed by atoms with Gasteiger partial charge in [-0.2, -0.15) is 0 Å². The Morgan fingerprint density at radius 3 is 1.63 bits per heavy atom. The van der Waals surface area contributed by atoms with Gasteiger partial charge >= 0.3 is 0 Å². The zero-order chi connectivity index (χ0) is 44.3. The van der Waals surface area contributed by atoms with Crippen molar-refractivity contribution in [3.8, 4) is 61.3 Å². The van der Waals surface area contributed by atoms with Gasteiger partial charge in [-0.15, -0.1) is 0 Å². The molecule has 0 amide bonds. The standard InChI is InChI=1S/C65H48N2/c1-3-20-45(21-4-1)50-24-7-8-25-52(50)53-26-9-10-27-54(53)56-29-12-15-34-62(56)66(49-40-41-61-59(44-49)55-28-11-14-33-60(55)65(61)42-17-18-43-65)48-38-36-46(37-39-48)51-31-19-32-58-57-30-13-16-35-63(57)67(64(51)58)47-22-5-2-6-23-47/h1-16,19-41,44H,17-18,42-43H2. The van der Waals surface area contributed by atoms with Crippen molar-refractivity contribution in [2.24, 2.45) is 0 Å². The van der Waals surface area contributed by atoms with E-state index in [1.807, 2.05) is 0 Å². The SMILES string of the molecule is c1ccc(-c2ccccc2-c2ccccc2-c2ccccc2N(c2ccc(-c3cccc4c5ccccc5n(-c5ccccc5)c34)cc2)c2ccc3c(c2)-c2ccccc2C32CCCC2)cc1. The molecular formula is C65H48N2. The van der Waals surface area contributed by atoms with Gasteiger partial charge in [0.2, 0.25) is 0 Å². The van der Waals surface area contributed by atoms with Gasteiger partial charge in [0, 0.05) is 44.4 Å². The minimum atomic E-state index is 0.100. The van der Waals surface area contributed by atoms with Gasteiger partial charge in [-0.05, 0) is 117 Å². The van der Waals surface area contributed by atoms with Crippen molar-refractivity contribution in [2.75, 3.05) is 4.90 Å². The lowest BCUT2D eigenvalue weighted by atomic mass is 9.77. The average Bonchev–Trinajstić information content (AvgIpc) is 4.11. The number of nitrogens with zero attached hydrogens (tertiary/aromatic N) is 2. The second kappa shape index (κ2) is 16.0. The van der Waals surface area contributed by atoms with E-state index in [2.05, 4.69) is 252 Å². The van der Waals surface area contributed by atoms with E-state index in [-0.39, 0.29) is 5.41 Å². The van der Waals surface area contributed by atoms with Crippen molar-refractivity contribution in [2.45, 2.75) is 31.1 Å². The molecule has 1 heterocycles. The summed E-state index contributed by atoms with van der Waals surface area (Å²) in [6, 6.07) is 89.7. The summed E-state index contributed by atoms with van der Waals surface area (Å²) in [5.41, 5.74) is 22.4. The average molecular weight is 857 g/mol. The number of benzene rings is 10. The Morgan fingerprint density at radius 2 is 0.866 bits per heavy atom. The normalized spacial score (nSPS) is 13.6. The highest BCUT2D eigenvalue weighted by atomic mass is 15.1. The lowest BCUT2D eigenvalue weighted by molar-refractivity contribution is 0.550. The fraction of sp³-hybridized carbons (Fsp3) is 0.0769. The van der Waals surface area contributed by atoms with Crippen LogP contribution in [0, 0.1) is 0 Å². The Kier molecular flexibility index (Phi) is 9.39. The fourth-order valence-corrected chi connectivity index (χ4v) is 11.9. The molecule has 0 saturated heterocycles. The van der Waals surface area contributed by atoms with E-state index < -0.39 is 0 Å². The highest BCUT2D eigenvalue weighted by Gasteiger charge is 2.45. The van der Waals surface area contributed by atoms with Crippen molar-refractivity contribution in [1.82, 2.24) is 4.57 Å². The summed E-state index contributed by atoms with van der Waals surface area (Å²) in [5.74, 6) is 0. The van der Waals surface area contributed by atoms with Crippen molar-refractivity contribution in [1.29, 1.82) is 0 Å². The molecule has 0 radical (unpaired) electrons. The molecule has 0 N–H and O–H groups in total. The second-order valence-electron chi connectivity index (χ2n) is 18.3. The summed E-state index contributed by atoms with van der Waals surface area (Å²) in [4.78, 5) is 2.50. The zero-order valence-corrected chi connectivity index (χ0v) is 37.3.